The van der Waals surface area contributed by atoms with Crippen molar-refractivity contribution >= 4 is 27.2 Å². The molecule has 0 saturated carbocycles. The summed E-state index contributed by atoms with van der Waals surface area (Å²) in [7, 11) is -2.93. The van der Waals surface area contributed by atoms with Gasteiger partial charge in [0.15, 0.2) is 15.6 Å². The minimum absolute atomic E-state index is 0.0261. The second kappa shape index (κ2) is 6.03. The van der Waals surface area contributed by atoms with Gasteiger partial charge in [0.05, 0.1) is 18.1 Å². The molecule has 6 heteroatoms. The van der Waals surface area contributed by atoms with Gasteiger partial charge in [-0.25, -0.2) is 8.42 Å². The van der Waals surface area contributed by atoms with Crippen LogP contribution in [0.5, 0.6) is 0 Å². The minimum atomic E-state index is -2.93. The van der Waals surface area contributed by atoms with Crippen LogP contribution in [0.2, 0.25) is 5.02 Å². The van der Waals surface area contributed by atoms with Crippen molar-refractivity contribution in [2.75, 3.05) is 31.1 Å². The molecule has 0 atom stereocenters. The van der Waals surface area contributed by atoms with Gasteiger partial charge in [0, 0.05) is 17.1 Å². The van der Waals surface area contributed by atoms with Crippen LogP contribution in [0.15, 0.2) is 24.3 Å². The molecule has 1 fully saturated rings. The average Bonchev–Trinajstić information content (AvgIpc) is 2.51. The van der Waals surface area contributed by atoms with E-state index in [1.807, 2.05) is 4.90 Å². The van der Waals surface area contributed by atoms with Crippen LogP contribution in [0.4, 0.5) is 0 Å². The second-order valence-corrected chi connectivity index (χ2v) is 7.46. The lowest BCUT2D eigenvalue weighted by Crippen LogP contribution is -2.32. The summed E-state index contributed by atoms with van der Waals surface area (Å²) in [4.78, 5) is 14.0. The van der Waals surface area contributed by atoms with Crippen molar-refractivity contribution in [1.82, 2.24) is 4.90 Å². The third kappa shape index (κ3) is 4.30. The zero-order valence-electron chi connectivity index (χ0n) is 10.5. The summed E-state index contributed by atoms with van der Waals surface area (Å²) in [6.07, 6.45) is 0.588. The van der Waals surface area contributed by atoms with Crippen LogP contribution in [0.3, 0.4) is 0 Å². The maximum Gasteiger partial charge on any atom is 0.176 e. The lowest BCUT2D eigenvalue weighted by Gasteiger charge is -2.18. The molecule has 4 nitrogen and oxygen atoms in total. The molecule has 0 bridgehead atoms. The van der Waals surface area contributed by atoms with E-state index >= 15 is 0 Å². The number of sulfone groups is 1. The molecule has 1 aliphatic rings. The number of Topliss-reactive ketones (excluding diaryl/α,β-unsaturated/α-hetero) is 1. The number of ketones is 1. The molecule has 0 aromatic heterocycles. The first-order valence-corrected chi connectivity index (χ1v) is 8.38. The lowest BCUT2D eigenvalue weighted by molar-refractivity contribution is 0.0935. The van der Waals surface area contributed by atoms with Gasteiger partial charge < -0.3 is 0 Å². The van der Waals surface area contributed by atoms with Gasteiger partial charge in [0.1, 0.15) is 0 Å². The Morgan fingerprint density at radius 1 is 1.26 bits per heavy atom. The summed E-state index contributed by atoms with van der Waals surface area (Å²) in [6, 6.07) is 6.82. The molecule has 1 aromatic carbocycles. The third-order valence-corrected chi connectivity index (χ3v) is 5.11. The number of rotatable bonds is 3. The maximum absolute atomic E-state index is 12.1. The highest BCUT2D eigenvalue weighted by Crippen LogP contribution is 2.12. The highest BCUT2D eigenvalue weighted by Gasteiger charge is 2.21. The van der Waals surface area contributed by atoms with E-state index in [1.54, 1.807) is 24.3 Å². The molecule has 1 heterocycles. The molecule has 1 aliphatic heterocycles. The number of nitrogens with zero attached hydrogens (tertiary/aromatic N) is 1. The fourth-order valence-corrected chi connectivity index (χ4v) is 3.60. The minimum Gasteiger partial charge on any atom is -0.295 e. The van der Waals surface area contributed by atoms with Crippen LogP contribution in [0, 0.1) is 0 Å². The first-order valence-electron chi connectivity index (χ1n) is 6.18. The van der Waals surface area contributed by atoms with Gasteiger partial charge in [-0.05, 0) is 25.1 Å². The fraction of sp³-hybridized carbons (Fsp3) is 0.462. The molecule has 104 valence electrons. The Morgan fingerprint density at radius 2 is 2.05 bits per heavy atom. The normalized spacial score (nSPS) is 19.8. The van der Waals surface area contributed by atoms with Gasteiger partial charge in [0.25, 0.3) is 0 Å². The van der Waals surface area contributed by atoms with E-state index in [9.17, 15) is 13.2 Å². The summed E-state index contributed by atoms with van der Waals surface area (Å²) < 4.78 is 23.0. The largest absolute Gasteiger partial charge is 0.295 e. The predicted octanol–water partition coefficient (Wildman–Crippen LogP) is 1.64. The molecule has 0 radical (unpaired) electrons. The smallest absolute Gasteiger partial charge is 0.176 e. The summed E-state index contributed by atoms with van der Waals surface area (Å²) in [5, 5.41) is 0.532. The molecule has 0 N–H and O–H groups in total. The molecular formula is C13H16ClNO3S. The molecule has 0 spiro atoms. The van der Waals surface area contributed by atoms with Gasteiger partial charge in [-0.3, -0.25) is 9.69 Å². The summed E-state index contributed by atoms with van der Waals surface area (Å²) in [5.74, 6) is 0.326. The highest BCUT2D eigenvalue weighted by molar-refractivity contribution is 7.91. The molecular weight excluding hydrogens is 286 g/mol. The van der Waals surface area contributed by atoms with E-state index in [-0.39, 0.29) is 23.8 Å². The molecule has 0 unspecified atom stereocenters. The van der Waals surface area contributed by atoms with Crippen molar-refractivity contribution in [3.8, 4) is 0 Å². The van der Waals surface area contributed by atoms with Crippen LogP contribution in [-0.4, -0.2) is 50.2 Å². The lowest BCUT2D eigenvalue weighted by atomic mass is 10.1. The Balaban J connectivity index is 1.99. The zero-order chi connectivity index (χ0) is 13.9. The number of hydrogen-bond donors (Lipinski definition) is 0. The molecule has 0 aliphatic carbocycles. The molecule has 2 rings (SSSR count). The van der Waals surface area contributed by atoms with Crippen molar-refractivity contribution in [2.24, 2.45) is 0 Å². The van der Waals surface area contributed by atoms with Crippen molar-refractivity contribution < 1.29 is 13.2 Å². The fourth-order valence-electron chi connectivity index (χ4n) is 2.10. The van der Waals surface area contributed by atoms with E-state index in [0.29, 0.717) is 30.1 Å². The van der Waals surface area contributed by atoms with Crippen LogP contribution >= 0.6 is 11.6 Å². The summed E-state index contributed by atoms with van der Waals surface area (Å²) in [6.45, 7) is 1.32. The molecule has 0 amide bonds. The van der Waals surface area contributed by atoms with Crippen LogP contribution in [0.25, 0.3) is 0 Å². The Labute approximate surface area is 118 Å². The van der Waals surface area contributed by atoms with Gasteiger partial charge in [-0.15, -0.1) is 0 Å². The third-order valence-electron chi connectivity index (χ3n) is 3.16. The van der Waals surface area contributed by atoms with E-state index in [0.717, 1.165) is 0 Å². The van der Waals surface area contributed by atoms with Crippen LogP contribution in [0.1, 0.15) is 16.8 Å². The van der Waals surface area contributed by atoms with E-state index in [4.69, 9.17) is 11.6 Å². The number of carbonyl (C=O) groups is 1. The van der Waals surface area contributed by atoms with Gasteiger partial charge in [0.2, 0.25) is 0 Å². The maximum atomic E-state index is 12.1. The Morgan fingerprint density at radius 3 is 2.79 bits per heavy atom. The van der Waals surface area contributed by atoms with Gasteiger partial charge >= 0.3 is 0 Å². The monoisotopic (exact) mass is 301 g/mol. The molecule has 1 aromatic rings. The number of hydrogen-bond acceptors (Lipinski definition) is 4. The van der Waals surface area contributed by atoms with Gasteiger partial charge in [-0.1, -0.05) is 23.7 Å². The first-order chi connectivity index (χ1) is 8.96. The van der Waals surface area contributed by atoms with Crippen molar-refractivity contribution in [2.45, 2.75) is 6.42 Å². The standard InChI is InChI=1S/C13H16ClNO3S/c14-12-4-1-3-11(9-12)13(16)10-15-5-2-7-19(17,18)8-6-15/h1,3-4,9H,2,5-8,10H2. The Hall–Kier alpha value is -0.910. The van der Waals surface area contributed by atoms with Crippen LogP contribution < -0.4 is 0 Å². The number of benzene rings is 1. The van der Waals surface area contributed by atoms with Crippen molar-refractivity contribution in [3.05, 3.63) is 34.9 Å². The first kappa shape index (κ1) is 14.5. The van der Waals surface area contributed by atoms with Crippen molar-refractivity contribution in [1.29, 1.82) is 0 Å². The van der Waals surface area contributed by atoms with E-state index in [2.05, 4.69) is 0 Å². The van der Waals surface area contributed by atoms with Crippen molar-refractivity contribution in [3.63, 3.8) is 0 Å². The summed E-state index contributed by atoms with van der Waals surface area (Å²) >= 11 is 5.85. The quantitative estimate of drug-likeness (QED) is 0.797. The SMILES string of the molecule is O=C(CN1CCCS(=O)(=O)CC1)c1cccc(Cl)c1. The van der Waals surface area contributed by atoms with Gasteiger partial charge in [-0.2, -0.15) is 0 Å². The Bertz CT molecular complexity index is 571. The van der Waals surface area contributed by atoms with E-state index in [1.165, 1.54) is 0 Å². The molecule has 19 heavy (non-hydrogen) atoms. The van der Waals surface area contributed by atoms with E-state index < -0.39 is 9.84 Å². The second-order valence-electron chi connectivity index (χ2n) is 4.72. The Kier molecular flexibility index (Phi) is 4.60. The zero-order valence-corrected chi connectivity index (χ0v) is 12.1. The number of halogens is 1. The molecule has 1 saturated heterocycles. The van der Waals surface area contributed by atoms with Crippen LogP contribution in [-0.2, 0) is 9.84 Å². The number of carbonyl (C=O) groups excluding carboxylic acids is 1. The average molecular weight is 302 g/mol. The summed E-state index contributed by atoms with van der Waals surface area (Å²) in [5.41, 5.74) is 0.569. The topological polar surface area (TPSA) is 54.5 Å². The highest BCUT2D eigenvalue weighted by atomic mass is 35.5. The predicted molar refractivity (Wildman–Crippen MR) is 75.5 cm³/mol.